The highest BCUT2D eigenvalue weighted by Crippen LogP contribution is 2.18. The van der Waals surface area contributed by atoms with Crippen molar-refractivity contribution in [2.75, 3.05) is 5.32 Å². The molecule has 2 aromatic carbocycles. The van der Waals surface area contributed by atoms with E-state index in [4.69, 9.17) is 11.6 Å². The van der Waals surface area contributed by atoms with Crippen LogP contribution in [0.2, 0.25) is 5.02 Å². The average molecular weight is 353 g/mol. The number of aromatic nitrogens is 1. The third-order valence-corrected chi connectivity index (χ3v) is 4.06. The first-order chi connectivity index (χ1) is 12.1. The van der Waals surface area contributed by atoms with Crippen molar-refractivity contribution in [1.29, 1.82) is 0 Å². The van der Waals surface area contributed by atoms with Crippen molar-refractivity contribution in [2.45, 2.75) is 12.8 Å². The lowest BCUT2D eigenvalue weighted by Crippen LogP contribution is -2.12. The van der Waals surface area contributed by atoms with E-state index in [1.807, 2.05) is 36.4 Å². The molecule has 0 aliphatic heterocycles. The van der Waals surface area contributed by atoms with Crippen molar-refractivity contribution < 1.29 is 4.79 Å². The summed E-state index contributed by atoms with van der Waals surface area (Å²) in [4.78, 5) is 26.5. The smallest absolute Gasteiger partial charge is 0.255 e. The number of amides is 1. The Morgan fingerprint density at radius 3 is 2.56 bits per heavy atom. The molecular formula is C20H17ClN2O2. The third kappa shape index (κ3) is 4.58. The minimum atomic E-state index is -0.138. The molecule has 0 unspecified atom stereocenters. The van der Waals surface area contributed by atoms with Gasteiger partial charge >= 0.3 is 0 Å². The van der Waals surface area contributed by atoms with Crippen molar-refractivity contribution in [2.24, 2.45) is 0 Å². The fourth-order valence-electron chi connectivity index (χ4n) is 2.56. The summed E-state index contributed by atoms with van der Waals surface area (Å²) < 4.78 is 0. The van der Waals surface area contributed by atoms with E-state index in [0.717, 1.165) is 11.1 Å². The maximum absolute atomic E-state index is 12.1. The Kier molecular flexibility index (Phi) is 5.31. The topological polar surface area (TPSA) is 62.0 Å². The molecule has 3 aromatic rings. The highest BCUT2D eigenvalue weighted by molar-refractivity contribution is 6.30. The summed E-state index contributed by atoms with van der Waals surface area (Å²) in [6.07, 6.45) is 2.60. The lowest BCUT2D eigenvalue weighted by Gasteiger charge is -2.07. The van der Waals surface area contributed by atoms with Gasteiger partial charge in [0.25, 0.3) is 5.56 Å². The molecule has 126 valence electrons. The summed E-state index contributed by atoms with van der Waals surface area (Å²) in [5.74, 6) is -0.0646. The van der Waals surface area contributed by atoms with Crippen molar-refractivity contribution in [3.63, 3.8) is 0 Å². The van der Waals surface area contributed by atoms with Crippen molar-refractivity contribution >= 4 is 23.2 Å². The Morgan fingerprint density at radius 2 is 1.84 bits per heavy atom. The Labute approximate surface area is 150 Å². The van der Waals surface area contributed by atoms with Crippen molar-refractivity contribution in [1.82, 2.24) is 4.98 Å². The number of anilines is 1. The number of carbonyl (C=O) groups is 1. The second-order valence-corrected chi connectivity index (χ2v) is 6.10. The van der Waals surface area contributed by atoms with Gasteiger partial charge in [0, 0.05) is 28.9 Å². The fraction of sp³-hybridized carbons (Fsp3) is 0.100. The predicted molar refractivity (Wildman–Crippen MR) is 101 cm³/mol. The van der Waals surface area contributed by atoms with Crippen LogP contribution in [0.1, 0.15) is 12.0 Å². The van der Waals surface area contributed by atoms with Crippen LogP contribution in [0, 0.1) is 0 Å². The maximum atomic E-state index is 12.1. The molecule has 5 heteroatoms. The van der Waals surface area contributed by atoms with Gasteiger partial charge in [0.1, 0.15) is 0 Å². The lowest BCUT2D eigenvalue weighted by molar-refractivity contribution is -0.116. The van der Waals surface area contributed by atoms with E-state index in [0.29, 0.717) is 29.1 Å². The van der Waals surface area contributed by atoms with Gasteiger partial charge in [0.2, 0.25) is 5.91 Å². The molecule has 0 aliphatic carbocycles. The molecule has 1 amide bonds. The minimum absolute atomic E-state index is 0.0646. The Hall–Kier alpha value is -2.85. The summed E-state index contributed by atoms with van der Waals surface area (Å²) in [6.45, 7) is 0. The van der Waals surface area contributed by atoms with E-state index in [9.17, 15) is 9.59 Å². The molecule has 1 aromatic heterocycles. The molecule has 4 nitrogen and oxygen atoms in total. The zero-order valence-electron chi connectivity index (χ0n) is 13.5. The van der Waals surface area contributed by atoms with Gasteiger partial charge in [-0.15, -0.1) is 0 Å². The molecule has 0 radical (unpaired) electrons. The van der Waals surface area contributed by atoms with Gasteiger partial charge in [-0.25, -0.2) is 0 Å². The van der Waals surface area contributed by atoms with Crippen LogP contribution in [-0.4, -0.2) is 10.9 Å². The number of hydrogen-bond donors (Lipinski definition) is 2. The predicted octanol–water partition coefficient (Wildman–Crippen LogP) is 4.27. The number of hydrogen-bond acceptors (Lipinski definition) is 2. The van der Waals surface area contributed by atoms with E-state index in [1.165, 1.54) is 0 Å². The highest BCUT2D eigenvalue weighted by atomic mass is 35.5. The van der Waals surface area contributed by atoms with Crippen LogP contribution in [-0.2, 0) is 11.2 Å². The number of H-pyrrole nitrogens is 1. The van der Waals surface area contributed by atoms with Crippen LogP contribution in [0.3, 0.4) is 0 Å². The number of benzene rings is 2. The molecule has 0 aliphatic rings. The normalized spacial score (nSPS) is 10.4. The van der Waals surface area contributed by atoms with Crippen LogP contribution >= 0.6 is 11.6 Å². The Morgan fingerprint density at radius 1 is 1.04 bits per heavy atom. The van der Waals surface area contributed by atoms with Crippen LogP contribution in [0.25, 0.3) is 11.1 Å². The number of aromatic amines is 1. The van der Waals surface area contributed by atoms with Gasteiger partial charge in [-0.3, -0.25) is 9.59 Å². The Bertz CT molecular complexity index is 933. The first-order valence-electron chi connectivity index (χ1n) is 7.94. The number of rotatable bonds is 5. The molecular weight excluding hydrogens is 336 g/mol. The van der Waals surface area contributed by atoms with Gasteiger partial charge < -0.3 is 10.3 Å². The van der Waals surface area contributed by atoms with Crippen LogP contribution < -0.4 is 10.9 Å². The largest absolute Gasteiger partial charge is 0.329 e. The average Bonchev–Trinajstić information content (AvgIpc) is 2.61. The van der Waals surface area contributed by atoms with Gasteiger partial charge in [-0.2, -0.15) is 0 Å². The summed E-state index contributed by atoms with van der Waals surface area (Å²) in [5.41, 5.74) is 2.99. The molecule has 1 heterocycles. The van der Waals surface area contributed by atoms with Crippen molar-refractivity contribution in [3.05, 3.63) is 87.8 Å². The number of nitrogens with one attached hydrogen (secondary N) is 2. The third-order valence-electron chi connectivity index (χ3n) is 3.83. The molecule has 0 spiro atoms. The first-order valence-corrected chi connectivity index (χ1v) is 8.32. The van der Waals surface area contributed by atoms with E-state index >= 15 is 0 Å². The van der Waals surface area contributed by atoms with Gasteiger partial charge in [0.05, 0.1) is 0 Å². The van der Waals surface area contributed by atoms with Gasteiger partial charge in [0.15, 0.2) is 0 Å². The standard InChI is InChI=1S/C20H17ClN2O2/c21-16-4-1-3-14(13-16)6-11-19(24)23-17-9-7-15(8-10-17)18-5-2-12-22-20(18)25/h1-5,7-10,12-13H,6,11H2,(H,22,25)(H,23,24). The van der Waals surface area contributed by atoms with E-state index < -0.39 is 0 Å². The number of pyridine rings is 1. The maximum Gasteiger partial charge on any atom is 0.255 e. The number of carbonyl (C=O) groups excluding carboxylic acids is 1. The fourth-order valence-corrected chi connectivity index (χ4v) is 2.77. The molecule has 3 rings (SSSR count). The van der Waals surface area contributed by atoms with Crippen LogP contribution in [0.5, 0.6) is 0 Å². The molecule has 0 fully saturated rings. The van der Waals surface area contributed by atoms with E-state index in [2.05, 4.69) is 10.3 Å². The molecule has 0 atom stereocenters. The summed E-state index contributed by atoms with van der Waals surface area (Å²) in [7, 11) is 0. The van der Waals surface area contributed by atoms with Gasteiger partial charge in [-0.05, 0) is 53.9 Å². The second kappa shape index (κ2) is 7.81. The molecule has 2 N–H and O–H groups in total. The number of halogens is 1. The summed E-state index contributed by atoms with van der Waals surface area (Å²) >= 11 is 5.94. The number of aryl methyl sites for hydroxylation is 1. The van der Waals surface area contributed by atoms with Crippen molar-refractivity contribution in [3.8, 4) is 11.1 Å². The van der Waals surface area contributed by atoms with E-state index in [1.54, 1.807) is 30.5 Å². The lowest BCUT2D eigenvalue weighted by atomic mass is 10.1. The zero-order valence-corrected chi connectivity index (χ0v) is 14.2. The highest BCUT2D eigenvalue weighted by Gasteiger charge is 2.06. The SMILES string of the molecule is O=C(CCc1cccc(Cl)c1)Nc1ccc(-c2ccc[nH]c2=O)cc1. The summed E-state index contributed by atoms with van der Waals surface area (Å²) in [5, 5.41) is 3.53. The van der Waals surface area contributed by atoms with Gasteiger partial charge in [-0.1, -0.05) is 35.9 Å². The van der Waals surface area contributed by atoms with Crippen LogP contribution in [0.15, 0.2) is 71.7 Å². The Balaban J connectivity index is 1.60. The first kappa shape index (κ1) is 17.0. The molecule has 0 saturated carbocycles. The zero-order chi connectivity index (χ0) is 17.6. The monoisotopic (exact) mass is 352 g/mol. The quantitative estimate of drug-likeness (QED) is 0.720. The van der Waals surface area contributed by atoms with E-state index in [-0.39, 0.29) is 11.5 Å². The van der Waals surface area contributed by atoms with Crippen LogP contribution in [0.4, 0.5) is 5.69 Å². The molecule has 0 saturated heterocycles. The second-order valence-electron chi connectivity index (χ2n) is 5.67. The minimum Gasteiger partial charge on any atom is -0.329 e. The summed E-state index contributed by atoms with van der Waals surface area (Å²) in [6, 6.07) is 18.3. The molecule has 25 heavy (non-hydrogen) atoms. The molecule has 0 bridgehead atoms.